The highest BCUT2D eigenvalue weighted by atomic mass is 79.9. The van der Waals surface area contributed by atoms with E-state index in [1.807, 2.05) is 0 Å². The Balaban J connectivity index is 2.94. The third kappa shape index (κ3) is 3.41. The number of carboxylic acid groups (broad SMARTS) is 2. The molecule has 0 atom stereocenters. The molecule has 1 aromatic rings. The molecule has 0 radical (unpaired) electrons. The van der Waals surface area contributed by atoms with Crippen molar-refractivity contribution >= 4 is 27.9 Å². The first-order valence-corrected chi connectivity index (χ1v) is 5.03. The van der Waals surface area contributed by atoms with Gasteiger partial charge in [0, 0.05) is 10.0 Å². The van der Waals surface area contributed by atoms with Crippen LogP contribution in [0.3, 0.4) is 0 Å². The highest BCUT2D eigenvalue weighted by Gasteiger charge is 2.04. The van der Waals surface area contributed by atoms with Crippen LogP contribution in [0.5, 0.6) is 0 Å². The van der Waals surface area contributed by atoms with Gasteiger partial charge in [0.15, 0.2) is 0 Å². The van der Waals surface area contributed by atoms with Gasteiger partial charge in [-0.05, 0) is 34.1 Å². The van der Waals surface area contributed by atoms with E-state index in [4.69, 9.17) is 10.2 Å². The largest absolute Gasteiger partial charge is 0.481 e. The molecule has 2 N–H and O–H groups in total. The van der Waals surface area contributed by atoms with Gasteiger partial charge in [0.1, 0.15) is 6.42 Å². The van der Waals surface area contributed by atoms with Gasteiger partial charge >= 0.3 is 11.9 Å². The number of hydrogen-bond acceptors (Lipinski definition) is 2. The van der Waals surface area contributed by atoms with Crippen LogP contribution in [0.25, 0.3) is 0 Å². The number of hydrogen-bond donors (Lipinski definition) is 2. The SMILES string of the molecule is O=C(O)CC#Cc1ccc(C(=O)O)cc1Br. The number of benzene rings is 1. The normalized spacial score (nSPS) is 9.06. The molecule has 0 saturated heterocycles. The fourth-order valence-corrected chi connectivity index (χ4v) is 1.44. The predicted octanol–water partition coefficient (Wildman–Crippen LogP) is 1.97. The van der Waals surface area contributed by atoms with E-state index >= 15 is 0 Å². The summed E-state index contributed by atoms with van der Waals surface area (Å²) in [6, 6.07) is 4.37. The highest BCUT2D eigenvalue weighted by molar-refractivity contribution is 9.10. The van der Waals surface area contributed by atoms with E-state index in [9.17, 15) is 9.59 Å². The molecule has 0 aliphatic heterocycles. The fraction of sp³-hybridized carbons (Fsp3) is 0.0909. The third-order valence-electron chi connectivity index (χ3n) is 1.68. The Morgan fingerprint density at radius 1 is 1.31 bits per heavy atom. The summed E-state index contributed by atoms with van der Waals surface area (Å²) in [7, 11) is 0. The minimum atomic E-state index is -1.02. The Morgan fingerprint density at radius 3 is 2.50 bits per heavy atom. The Kier molecular flexibility index (Phi) is 4.09. The molecule has 1 aromatic carbocycles. The molecule has 4 nitrogen and oxygen atoms in total. The van der Waals surface area contributed by atoms with Crippen LogP contribution in [-0.2, 0) is 4.79 Å². The molecule has 16 heavy (non-hydrogen) atoms. The lowest BCUT2D eigenvalue weighted by Crippen LogP contribution is -1.96. The molecular weight excluding hydrogens is 276 g/mol. The Bertz CT molecular complexity index is 496. The van der Waals surface area contributed by atoms with Crippen LogP contribution in [0.2, 0.25) is 0 Å². The summed E-state index contributed by atoms with van der Waals surface area (Å²) < 4.78 is 0.533. The van der Waals surface area contributed by atoms with Crippen molar-refractivity contribution < 1.29 is 19.8 Å². The number of aromatic carboxylic acids is 1. The van der Waals surface area contributed by atoms with Crippen LogP contribution in [0.4, 0.5) is 0 Å². The van der Waals surface area contributed by atoms with Gasteiger partial charge in [0.05, 0.1) is 5.56 Å². The van der Waals surface area contributed by atoms with E-state index in [0.717, 1.165) is 0 Å². The molecular formula is C11H7BrO4. The molecule has 0 fully saturated rings. The summed E-state index contributed by atoms with van der Waals surface area (Å²) in [6.07, 6.45) is -0.243. The molecule has 0 aromatic heterocycles. The zero-order chi connectivity index (χ0) is 12.1. The quantitative estimate of drug-likeness (QED) is 0.814. The smallest absolute Gasteiger partial charge is 0.335 e. The topological polar surface area (TPSA) is 74.6 Å². The predicted molar refractivity (Wildman–Crippen MR) is 60.2 cm³/mol. The number of rotatable bonds is 2. The first-order valence-electron chi connectivity index (χ1n) is 4.24. The van der Waals surface area contributed by atoms with E-state index in [1.54, 1.807) is 0 Å². The first kappa shape index (κ1) is 12.3. The van der Waals surface area contributed by atoms with Crippen LogP contribution < -0.4 is 0 Å². The summed E-state index contributed by atoms with van der Waals surface area (Å²) in [4.78, 5) is 20.9. The minimum Gasteiger partial charge on any atom is -0.481 e. The Labute approximate surface area is 100 Å². The highest BCUT2D eigenvalue weighted by Crippen LogP contribution is 2.17. The number of aliphatic carboxylic acids is 1. The molecule has 0 aliphatic rings. The maximum Gasteiger partial charge on any atom is 0.335 e. The van der Waals surface area contributed by atoms with Gasteiger partial charge in [-0.1, -0.05) is 11.8 Å². The molecule has 82 valence electrons. The van der Waals surface area contributed by atoms with E-state index in [0.29, 0.717) is 10.0 Å². The standard InChI is InChI=1S/C11H7BrO4/c12-9-6-8(11(15)16)5-4-7(9)2-1-3-10(13)14/h4-6H,3H2,(H,13,14)(H,15,16). The minimum absolute atomic E-state index is 0.149. The van der Waals surface area contributed by atoms with Gasteiger partial charge in [0.25, 0.3) is 0 Å². The van der Waals surface area contributed by atoms with Crippen LogP contribution in [0, 0.1) is 11.8 Å². The zero-order valence-electron chi connectivity index (χ0n) is 8.03. The lowest BCUT2D eigenvalue weighted by Gasteiger charge is -1.98. The van der Waals surface area contributed by atoms with Crippen molar-refractivity contribution in [2.75, 3.05) is 0 Å². The van der Waals surface area contributed by atoms with Gasteiger partial charge in [-0.3, -0.25) is 4.79 Å². The van der Waals surface area contributed by atoms with Crippen molar-refractivity contribution in [2.24, 2.45) is 0 Å². The van der Waals surface area contributed by atoms with Crippen molar-refractivity contribution in [3.05, 3.63) is 33.8 Å². The summed E-state index contributed by atoms with van der Waals surface area (Å²) >= 11 is 3.17. The maximum atomic E-state index is 10.6. The molecule has 0 spiro atoms. The van der Waals surface area contributed by atoms with Crippen LogP contribution in [0.1, 0.15) is 22.3 Å². The Hall–Kier alpha value is -1.80. The summed E-state index contributed by atoms with van der Waals surface area (Å²) in [6.45, 7) is 0. The maximum absolute atomic E-state index is 10.6. The zero-order valence-corrected chi connectivity index (χ0v) is 9.61. The second-order valence-corrected chi connectivity index (χ2v) is 3.73. The van der Waals surface area contributed by atoms with Crippen molar-refractivity contribution in [3.8, 4) is 11.8 Å². The van der Waals surface area contributed by atoms with Gasteiger partial charge < -0.3 is 10.2 Å². The Morgan fingerprint density at radius 2 is 2.00 bits per heavy atom. The average Bonchev–Trinajstić information content (AvgIpc) is 2.19. The average molecular weight is 283 g/mol. The van der Waals surface area contributed by atoms with Crippen molar-refractivity contribution in [2.45, 2.75) is 6.42 Å². The number of carboxylic acids is 2. The lowest BCUT2D eigenvalue weighted by molar-refractivity contribution is -0.135. The lowest BCUT2D eigenvalue weighted by atomic mass is 10.1. The van der Waals surface area contributed by atoms with E-state index in [2.05, 4.69) is 27.8 Å². The van der Waals surface area contributed by atoms with Crippen molar-refractivity contribution in [1.29, 1.82) is 0 Å². The molecule has 0 saturated carbocycles. The second kappa shape index (κ2) is 5.33. The fourth-order valence-electron chi connectivity index (χ4n) is 0.965. The number of halogens is 1. The molecule has 0 unspecified atom stereocenters. The van der Waals surface area contributed by atoms with Crippen LogP contribution in [0.15, 0.2) is 22.7 Å². The van der Waals surface area contributed by atoms with Gasteiger partial charge in [-0.2, -0.15) is 0 Å². The van der Waals surface area contributed by atoms with Gasteiger partial charge in [-0.15, -0.1) is 0 Å². The van der Waals surface area contributed by atoms with E-state index in [1.165, 1.54) is 18.2 Å². The summed E-state index contributed by atoms with van der Waals surface area (Å²) in [5.41, 5.74) is 0.710. The molecule has 0 aliphatic carbocycles. The molecule has 0 bridgehead atoms. The third-order valence-corrected chi connectivity index (χ3v) is 2.33. The molecule has 0 heterocycles. The van der Waals surface area contributed by atoms with Gasteiger partial charge in [0.2, 0.25) is 0 Å². The monoisotopic (exact) mass is 282 g/mol. The summed E-state index contributed by atoms with van der Waals surface area (Å²) in [5, 5.41) is 17.1. The van der Waals surface area contributed by atoms with Crippen LogP contribution in [-0.4, -0.2) is 22.2 Å². The first-order chi connectivity index (χ1) is 7.50. The molecule has 5 heteroatoms. The second-order valence-electron chi connectivity index (χ2n) is 2.87. The molecule has 1 rings (SSSR count). The summed E-state index contributed by atoms with van der Waals surface area (Å²) in [5.74, 6) is 3.09. The van der Waals surface area contributed by atoms with Crippen molar-refractivity contribution in [1.82, 2.24) is 0 Å². The van der Waals surface area contributed by atoms with Crippen molar-refractivity contribution in [3.63, 3.8) is 0 Å². The van der Waals surface area contributed by atoms with Crippen LogP contribution >= 0.6 is 15.9 Å². The van der Waals surface area contributed by atoms with E-state index in [-0.39, 0.29) is 12.0 Å². The van der Waals surface area contributed by atoms with Gasteiger partial charge in [-0.25, -0.2) is 4.79 Å². The number of carbonyl (C=O) groups is 2. The molecule has 0 amide bonds. The van der Waals surface area contributed by atoms with E-state index < -0.39 is 11.9 Å².